The summed E-state index contributed by atoms with van der Waals surface area (Å²) in [6, 6.07) is 6.06. The molecule has 0 saturated carbocycles. The summed E-state index contributed by atoms with van der Waals surface area (Å²) in [7, 11) is 0. The van der Waals surface area contributed by atoms with Gasteiger partial charge in [0.1, 0.15) is 31.2 Å². The quantitative estimate of drug-likeness (QED) is 0.657. The number of hydrogen-bond acceptors (Lipinski definition) is 5. The van der Waals surface area contributed by atoms with E-state index in [1.807, 2.05) is 32.2 Å². The molecule has 156 valence electrons. The van der Waals surface area contributed by atoms with E-state index >= 15 is 0 Å². The fraction of sp³-hybridized carbons (Fsp3) is 0.476. The normalized spacial score (nSPS) is 14.7. The van der Waals surface area contributed by atoms with Crippen molar-refractivity contribution in [1.82, 2.24) is 0 Å². The monoisotopic (exact) mass is 418 g/mol. The number of nitrogens with one attached hydrogen (secondary N) is 3. The van der Waals surface area contributed by atoms with Crippen molar-refractivity contribution in [2.75, 3.05) is 49.5 Å². The maximum atomic E-state index is 12.7. The van der Waals surface area contributed by atoms with E-state index in [1.54, 1.807) is 6.92 Å². The van der Waals surface area contributed by atoms with E-state index in [9.17, 15) is 9.59 Å². The number of H-pyrrole nitrogens is 1. The van der Waals surface area contributed by atoms with Gasteiger partial charge in [-0.05, 0) is 31.9 Å². The van der Waals surface area contributed by atoms with Gasteiger partial charge in [0, 0.05) is 10.9 Å². The van der Waals surface area contributed by atoms with Gasteiger partial charge in [-0.25, -0.2) is 9.78 Å². The molecule has 2 aromatic rings. The van der Waals surface area contributed by atoms with Crippen LogP contribution >= 0.6 is 11.3 Å². The Hall–Kier alpha value is -2.45. The van der Waals surface area contributed by atoms with Crippen LogP contribution in [0.3, 0.4) is 0 Å². The zero-order valence-corrected chi connectivity index (χ0v) is 18.2. The minimum absolute atomic E-state index is 0.0609. The molecule has 3 rings (SSSR count). The van der Waals surface area contributed by atoms with Crippen LogP contribution in [0.2, 0.25) is 0 Å². The second-order valence-electron chi connectivity index (χ2n) is 7.14. The van der Waals surface area contributed by atoms with E-state index in [0.29, 0.717) is 23.7 Å². The van der Waals surface area contributed by atoms with Gasteiger partial charge < -0.3 is 15.0 Å². The zero-order chi connectivity index (χ0) is 20.8. The van der Waals surface area contributed by atoms with Gasteiger partial charge >= 0.3 is 5.97 Å². The summed E-state index contributed by atoms with van der Waals surface area (Å²) in [6.07, 6.45) is 2.75. The minimum Gasteiger partial charge on any atom is -0.462 e. The molecule has 0 atom stereocenters. The number of hydrogen-bond donors (Lipinski definition) is 2. The molecule has 29 heavy (non-hydrogen) atoms. The van der Waals surface area contributed by atoms with Gasteiger partial charge in [0.05, 0.1) is 18.4 Å². The first-order chi connectivity index (χ1) is 14.0. The average molecular weight is 419 g/mol. The topological polar surface area (TPSA) is 77.2 Å². The van der Waals surface area contributed by atoms with Gasteiger partial charge in [0.25, 0.3) is 11.7 Å². The number of aryl methyl sites for hydroxylation is 1. The van der Waals surface area contributed by atoms with Crippen LogP contribution < -0.4 is 20.1 Å². The molecule has 0 unspecified atom stereocenters. The lowest BCUT2D eigenvalue weighted by molar-refractivity contribution is -0.892. The van der Waals surface area contributed by atoms with Crippen molar-refractivity contribution in [3.8, 4) is 0 Å². The molecule has 1 aliphatic rings. The number of rotatable bonds is 7. The summed E-state index contributed by atoms with van der Waals surface area (Å²) in [4.78, 5) is 33.0. The number of thiophene rings is 1. The van der Waals surface area contributed by atoms with Crippen molar-refractivity contribution < 1.29 is 24.2 Å². The van der Waals surface area contributed by atoms with Gasteiger partial charge in [-0.3, -0.25) is 9.69 Å². The van der Waals surface area contributed by atoms with Crippen molar-refractivity contribution in [3.63, 3.8) is 0 Å². The van der Waals surface area contributed by atoms with Crippen molar-refractivity contribution in [2.45, 2.75) is 27.2 Å². The Kier molecular flexibility index (Phi) is 7.22. The van der Waals surface area contributed by atoms with Crippen LogP contribution in [0.5, 0.6) is 0 Å². The highest BCUT2D eigenvalue weighted by molar-refractivity contribution is 7.17. The number of anilines is 2. The summed E-state index contributed by atoms with van der Waals surface area (Å²) in [5.74, 6) is 0.682. The minimum atomic E-state index is -0.365. The summed E-state index contributed by atoms with van der Waals surface area (Å²) in [5.41, 5.74) is 1.41. The second kappa shape index (κ2) is 9.84. The molecule has 1 saturated heterocycles. The SMILES string of the molecule is CCOC(=O)c1c(NC(=O)C[NH+]2CCN(c3cccc[nH+]3)CC2)sc(CC)c1C. The third-order valence-electron chi connectivity index (χ3n) is 5.21. The van der Waals surface area contributed by atoms with Crippen molar-refractivity contribution in [2.24, 2.45) is 0 Å². The Morgan fingerprint density at radius 3 is 2.66 bits per heavy atom. The number of ether oxygens (including phenoxy) is 1. The third-order valence-corrected chi connectivity index (χ3v) is 6.57. The fourth-order valence-corrected chi connectivity index (χ4v) is 4.80. The fourth-order valence-electron chi connectivity index (χ4n) is 3.65. The van der Waals surface area contributed by atoms with Crippen molar-refractivity contribution in [1.29, 1.82) is 0 Å². The van der Waals surface area contributed by atoms with E-state index in [-0.39, 0.29) is 11.9 Å². The van der Waals surface area contributed by atoms with E-state index in [0.717, 1.165) is 48.9 Å². The lowest BCUT2D eigenvalue weighted by Gasteiger charge is -2.27. The van der Waals surface area contributed by atoms with Crippen LogP contribution in [0, 0.1) is 6.92 Å². The van der Waals surface area contributed by atoms with Crippen LogP contribution in [-0.2, 0) is 16.0 Å². The lowest BCUT2D eigenvalue weighted by Crippen LogP contribution is -3.15. The molecule has 3 N–H and O–H groups in total. The molecule has 0 bridgehead atoms. The van der Waals surface area contributed by atoms with E-state index in [4.69, 9.17) is 4.74 Å². The molecule has 0 radical (unpaired) electrons. The number of esters is 1. The lowest BCUT2D eigenvalue weighted by atomic mass is 10.1. The first-order valence-corrected chi connectivity index (χ1v) is 11.0. The predicted molar refractivity (Wildman–Crippen MR) is 114 cm³/mol. The molecule has 0 aliphatic carbocycles. The van der Waals surface area contributed by atoms with Crippen LogP contribution in [0.15, 0.2) is 24.4 Å². The zero-order valence-electron chi connectivity index (χ0n) is 17.3. The Morgan fingerprint density at radius 1 is 1.28 bits per heavy atom. The Morgan fingerprint density at radius 2 is 2.03 bits per heavy atom. The number of carbonyl (C=O) groups is 2. The number of aromatic nitrogens is 1. The van der Waals surface area contributed by atoms with E-state index in [2.05, 4.69) is 21.3 Å². The van der Waals surface area contributed by atoms with E-state index in [1.165, 1.54) is 16.2 Å². The van der Waals surface area contributed by atoms with Gasteiger partial charge in [-0.15, -0.1) is 11.3 Å². The number of nitrogens with zero attached hydrogens (tertiary/aromatic N) is 1. The average Bonchev–Trinajstić information content (AvgIpc) is 3.04. The number of amides is 1. The van der Waals surface area contributed by atoms with Gasteiger partial charge in [-0.1, -0.05) is 13.0 Å². The molecule has 8 heteroatoms. The maximum Gasteiger partial charge on any atom is 0.341 e. The maximum absolute atomic E-state index is 12.7. The van der Waals surface area contributed by atoms with Gasteiger partial charge in [-0.2, -0.15) is 0 Å². The first kappa shape index (κ1) is 21.3. The molecule has 1 amide bonds. The van der Waals surface area contributed by atoms with Crippen LogP contribution in [0.1, 0.15) is 34.6 Å². The molecular weight excluding hydrogens is 388 g/mol. The Bertz CT molecular complexity index is 845. The molecule has 0 aromatic carbocycles. The van der Waals surface area contributed by atoms with Gasteiger partial charge in [0.15, 0.2) is 6.54 Å². The Balaban J connectivity index is 1.59. The highest BCUT2D eigenvalue weighted by atomic mass is 32.1. The number of aromatic amines is 1. The molecular formula is C21H30N4O3S+2. The van der Waals surface area contributed by atoms with E-state index < -0.39 is 0 Å². The third kappa shape index (κ3) is 5.13. The summed E-state index contributed by atoms with van der Waals surface area (Å²) < 4.78 is 5.20. The Labute approximate surface area is 175 Å². The molecule has 3 heterocycles. The summed E-state index contributed by atoms with van der Waals surface area (Å²) in [6.45, 7) is 10.0. The molecule has 2 aromatic heterocycles. The van der Waals surface area contributed by atoms with Crippen molar-refractivity contribution in [3.05, 3.63) is 40.4 Å². The standard InChI is InChI=1S/C21H28N4O3S/c1-4-16-15(3)19(21(27)28-5-2)20(29-16)23-18(26)14-24-10-12-25(13-11-24)17-8-6-7-9-22-17/h6-9H,4-5,10-14H2,1-3H3,(H,23,26)/p+2. The van der Waals surface area contributed by atoms with Crippen LogP contribution in [-0.4, -0.2) is 51.2 Å². The number of carbonyl (C=O) groups excluding carboxylic acids is 2. The van der Waals surface area contributed by atoms with Crippen LogP contribution in [0.4, 0.5) is 10.8 Å². The smallest absolute Gasteiger partial charge is 0.341 e. The van der Waals surface area contributed by atoms with Gasteiger partial charge in [0.2, 0.25) is 0 Å². The molecule has 7 nitrogen and oxygen atoms in total. The highest BCUT2D eigenvalue weighted by Crippen LogP contribution is 2.33. The van der Waals surface area contributed by atoms with Crippen molar-refractivity contribution >= 4 is 34.0 Å². The molecule has 0 spiro atoms. The molecule has 1 fully saturated rings. The largest absolute Gasteiger partial charge is 0.462 e. The second-order valence-corrected chi connectivity index (χ2v) is 8.24. The number of pyridine rings is 1. The summed E-state index contributed by atoms with van der Waals surface area (Å²) in [5, 5.41) is 3.58. The van der Waals surface area contributed by atoms with Crippen LogP contribution in [0.25, 0.3) is 0 Å². The highest BCUT2D eigenvalue weighted by Gasteiger charge is 2.28. The summed E-state index contributed by atoms with van der Waals surface area (Å²) >= 11 is 1.47. The number of piperazine rings is 1. The molecule has 1 aliphatic heterocycles. The number of quaternary nitrogens is 1. The predicted octanol–water partition coefficient (Wildman–Crippen LogP) is 0.953. The first-order valence-electron chi connectivity index (χ1n) is 10.2.